The normalized spacial score (nSPS) is 23.3. The number of aliphatic hydroxyl groups excluding tert-OH is 2. The van der Waals surface area contributed by atoms with Crippen LogP contribution in [0.4, 0.5) is 5.82 Å². The number of nitrogens with one attached hydrogen (secondary N) is 1. The Balaban J connectivity index is 1.76. The van der Waals surface area contributed by atoms with Crippen molar-refractivity contribution in [2.75, 3.05) is 18.9 Å². The van der Waals surface area contributed by atoms with Gasteiger partial charge in [0.05, 0.1) is 13.2 Å². The van der Waals surface area contributed by atoms with Crippen LogP contribution in [0.25, 0.3) is 10.4 Å². The summed E-state index contributed by atoms with van der Waals surface area (Å²) in [5.74, 6) is -3.39. The van der Waals surface area contributed by atoms with E-state index in [4.69, 9.17) is 24.3 Å². The van der Waals surface area contributed by atoms with Gasteiger partial charge in [0.15, 0.2) is 6.23 Å². The summed E-state index contributed by atoms with van der Waals surface area (Å²) >= 11 is 0. The van der Waals surface area contributed by atoms with Crippen molar-refractivity contribution < 1.29 is 48.0 Å². The minimum atomic E-state index is -5.09. The predicted molar refractivity (Wildman–Crippen MR) is 158 cm³/mol. The van der Waals surface area contributed by atoms with Gasteiger partial charge in [-0.2, -0.15) is 10.1 Å². The number of ether oxygens (including phenoxy) is 2. The molecule has 1 aliphatic rings. The Morgan fingerprint density at radius 1 is 1.20 bits per heavy atom. The fourth-order valence-corrected chi connectivity index (χ4v) is 6.21. The van der Waals surface area contributed by atoms with E-state index in [0.29, 0.717) is 5.56 Å². The first-order valence-corrected chi connectivity index (χ1v) is 15.1. The largest absolute Gasteiger partial charge is 0.479 e. The third-order valence-electron chi connectivity index (χ3n) is 6.78. The van der Waals surface area contributed by atoms with E-state index >= 15 is 0 Å². The molecule has 0 radical (unpaired) electrons. The standard InChI is InChI=1S/C27H30N7O11P/c1-2-42-24(39)26(23(37)38,15-17-9-5-3-6-10-17)32-46(41,45-18-11-7-4-8-12-18)43-16-27(31-33-29)21(36)20(35)22(44-27)34-14-13-19(28)30-25(34)40/h3-14,20-22,35-36H,2,15-16H2,1H3,(H,32,41)(H,37,38)(H2,28,30,40)/t20-,21+,22-,26-,27-,46?/m1/s1. The van der Waals surface area contributed by atoms with E-state index in [1.807, 2.05) is 0 Å². The molecule has 0 aliphatic carbocycles. The number of aromatic nitrogens is 2. The molecule has 0 bridgehead atoms. The Kier molecular flexibility index (Phi) is 10.4. The second-order valence-electron chi connectivity index (χ2n) is 9.90. The number of nitrogen functional groups attached to an aromatic ring is 1. The van der Waals surface area contributed by atoms with Crippen LogP contribution in [-0.4, -0.2) is 73.5 Å². The lowest BCUT2D eigenvalue weighted by molar-refractivity contribution is -0.162. The summed E-state index contributed by atoms with van der Waals surface area (Å²) in [7, 11) is -5.09. The summed E-state index contributed by atoms with van der Waals surface area (Å²) in [6.45, 7) is 0.0350. The molecule has 1 fully saturated rings. The van der Waals surface area contributed by atoms with Gasteiger partial charge in [-0.15, -0.1) is 0 Å². The van der Waals surface area contributed by atoms with Gasteiger partial charge in [-0.05, 0) is 36.2 Å². The van der Waals surface area contributed by atoms with Gasteiger partial charge >= 0.3 is 25.4 Å². The number of para-hydroxylation sites is 1. The molecule has 2 aromatic carbocycles. The second kappa shape index (κ2) is 14.1. The molecule has 1 aliphatic heterocycles. The van der Waals surface area contributed by atoms with Crippen molar-refractivity contribution in [3.05, 3.63) is 99.4 Å². The molecule has 0 spiro atoms. The highest BCUT2D eigenvalue weighted by atomic mass is 31.2. The maximum absolute atomic E-state index is 14.5. The Hall–Kier alpha value is -4.80. The van der Waals surface area contributed by atoms with E-state index in [2.05, 4.69) is 20.1 Å². The number of benzene rings is 2. The van der Waals surface area contributed by atoms with Crippen LogP contribution >= 0.6 is 7.75 Å². The highest BCUT2D eigenvalue weighted by Gasteiger charge is 2.58. The van der Waals surface area contributed by atoms with Crippen molar-refractivity contribution in [1.82, 2.24) is 14.6 Å². The molecule has 46 heavy (non-hydrogen) atoms. The molecule has 18 nitrogen and oxygen atoms in total. The van der Waals surface area contributed by atoms with E-state index in [1.54, 1.807) is 24.3 Å². The maximum atomic E-state index is 14.5. The van der Waals surface area contributed by atoms with Crippen molar-refractivity contribution in [3.63, 3.8) is 0 Å². The number of carboxylic acid groups (broad SMARTS) is 1. The first-order chi connectivity index (χ1) is 21.9. The quantitative estimate of drug-likeness (QED) is 0.0410. The molecule has 4 rings (SSSR count). The number of nitrogens with two attached hydrogens (primary N) is 1. The van der Waals surface area contributed by atoms with Crippen LogP contribution < -0.4 is 21.0 Å². The van der Waals surface area contributed by atoms with E-state index in [0.717, 1.165) is 10.8 Å². The lowest BCUT2D eigenvalue weighted by atomic mass is 9.92. The number of nitrogens with zero attached hydrogens (tertiary/aromatic N) is 5. The Bertz CT molecular complexity index is 1710. The molecule has 1 aromatic heterocycles. The fourth-order valence-electron chi connectivity index (χ4n) is 4.56. The highest BCUT2D eigenvalue weighted by molar-refractivity contribution is 7.52. The fraction of sp³-hybridized carbons (Fsp3) is 0.333. The number of aliphatic carboxylic acids is 1. The van der Waals surface area contributed by atoms with Crippen LogP contribution in [0, 0.1) is 0 Å². The first-order valence-electron chi connectivity index (χ1n) is 13.6. The first kappa shape index (κ1) is 34.1. The number of carboxylic acids is 1. The number of aliphatic hydroxyl groups is 2. The second-order valence-corrected chi connectivity index (χ2v) is 11.6. The molecule has 0 amide bonds. The molecule has 19 heteroatoms. The van der Waals surface area contributed by atoms with Crippen molar-refractivity contribution in [2.24, 2.45) is 5.11 Å². The van der Waals surface area contributed by atoms with Crippen molar-refractivity contribution in [2.45, 2.75) is 43.0 Å². The molecule has 0 saturated carbocycles. The number of azide groups is 1. The van der Waals surface area contributed by atoms with Gasteiger partial charge in [0.2, 0.25) is 11.3 Å². The number of esters is 1. The summed E-state index contributed by atoms with van der Waals surface area (Å²) in [6, 6.07) is 16.4. The van der Waals surface area contributed by atoms with Gasteiger partial charge < -0.3 is 35.1 Å². The molecule has 6 N–H and O–H groups in total. The number of hydrogen-bond acceptors (Lipinski definition) is 13. The summed E-state index contributed by atoms with van der Waals surface area (Å²) in [6.07, 6.45) is -5.24. The van der Waals surface area contributed by atoms with E-state index < -0.39 is 68.1 Å². The lowest BCUT2D eigenvalue weighted by Crippen LogP contribution is -2.60. The summed E-state index contributed by atoms with van der Waals surface area (Å²) in [4.78, 5) is 44.8. The Morgan fingerprint density at radius 2 is 1.85 bits per heavy atom. The number of hydrogen-bond donors (Lipinski definition) is 5. The lowest BCUT2D eigenvalue weighted by Gasteiger charge is -2.33. The molecule has 6 atom stereocenters. The van der Waals surface area contributed by atoms with Gasteiger partial charge in [-0.3, -0.25) is 9.09 Å². The van der Waals surface area contributed by atoms with Crippen LogP contribution in [0.3, 0.4) is 0 Å². The van der Waals surface area contributed by atoms with Gasteiger partial charge in [0.1, 0.15) is 23.8 Å². The molecular weight excluding hydrogens is 629 g/mol. The van der Waals surface area contributed by atoms with Gasteiger partial charge in [-0.25, -0.2) is 18.9 Å². The van der Waals surface area contributed by atoms with Crippen molar-refractivity contribution in [3.8, 4) is 5.75 Å². The minimum absolute atomic E-state index is 0.107. The average Bonchev–Trinajstić information content (AvgIpc) is 3.26. The third kappa shape index (κ3) is 7.19. The number of rotatable bonds is 14. The highest BCUT2D eigenvalue weighted by Crippen LogP contribution is 2.50. The van der Waals surface area contributed by atoms with E-state index in [-0.39, 0.29) is 18.2 Å². The summed E-state index contributed by atoms with van der Waals surface area (Å²) in [5, 5.41) is 37.8. The monoisotopic (exact) mass is 659 g/mol. The van der Waals surface area contributed by atoms with Gasteiger partial charge in [-0.1, -0.05) is 53.6 Å². The van der Waals surface area contributed by atoms with Crippen LogP contribution in [0.15, 0.2) is 82.8 Å². The van der Waals surface area contributed by atoms with Crippen LogP contribution in [-0.2, 0) is 34.6 Å². The predicted octanol–water partition coefficient (Wildman–Crippen LogP) is 1.51. The Morgan fingerprint density at radius 3 is 2.43 bits per heavy atom. The average molecular weight is 660 g/mol. The molecule has 1 saturated heterocycles. The van der Waals surface area contributed by atoms with Crippen LogP contribution in [0.1, 0.15) is 18.7 Å². The zero-order valence-corrected chi connectivity index (χ0v) is 25.0. The van der Waals surface area contributed by atoms with Crippen LogP contribution in [0.2, 0.25) is 0 Å². The van der Waals surface area contributed by atoms with Gasteiger partial charge in [0.25, 0.3) is 0 Å². The maximum Gasteiger partial charge on any atom is 0.460 e. The van der Waals surface area contributed by atoms with Gasteiger partial charge in [0, 0.05) is 17.5 Å². The van der Waals surface area contributed by atoms with Crippen LogP contribution in [0.5, 0.6) is 5.75 Å². The molecule has 244 valence electrons. The molecular formula is C27H30N7O11P. The minimum Gasteiger partial charge on any atom is -0.479 e. The van der Waals surface area contributed by atoms with Crippen molar-refractivity contribution >= 4 is 25.5 Å². The molecule has 3 aromatic rings. The smallest absolute Gasteiger partial charge is 0.460 e. The number of anilines is 1. The third-order valence-corrected chi connectivity index (χ3v) is 8.36. The zero-order valence-electron chi connectivity index (χ0n) is 24.1. The summed E-state index contributed by atoms with van der Waals surface area (Å²) < 4.78 is 37.1. The number of carbonyl (C=O) groups is 2. The SMILES string of the molecule is CCOC(=O)[C@](Cc1ccccc1)(NP(=O)(OC[C@@]1(N=[N+]=[N-])O[C@@H](n2ccc(N)nc2=O)[C@H](O)[C@@H]1O)Oc1ccccc1)C(=O)O. The number of carbonyl (C=O) groups excluding carboxylic acids is 1. The van der Waals surface area contributed by atoms with Crippen molar-refractivity contribution in [1.29, 1.82) is 0 Å². The van der Waals surface area contributed by atoms with E-state index in [1.165, 1.54) is 49.4 Å². The topological polar surface area (TPSA) is 271 Å². The summed E-state index contributed by atoms with van der Waals surface area (Å²) in [5.41, 5.74) is 8.85. The molecule has 2 heterocycles. The van der Waals surface area contributed by atoms with E-state index in [9.17, 15) is 39.8 Å². The Labute approximate surface area is 260 Å². The zero-order chi connectivity index (χ0) is 33.5. The molecule has 1 unspecified atom stereocenters.